The zero-order valence-electron chi connectivity index (χ0n) is 10.4. The van der Waals surface area contributed by atoms with Crippen molar-refractivity contribution in [3.8, 4) is 0 Å². The van der Waals surface area contributed by atoms with Crippen LogP contribution in [0.15, 0.2) is 36.4 Å². The van der Waals surface area contributed by atoms with Crippen LogP contribution in [-0.2, 0) is 12.7 Å². The number of alkyl halides is 3. The summed E-state index contributed by atoms with van der Waals surface area (Å²) in [6, 6.07) is 6.86. The molecule has 0 saturated carbocycles. The molecule has 0 aliphatic heterocycles. The lowest BCUT2D eigenvalue weighted by Gasteiger charge is -2.12. The van der Waals surface area contributed by atoms with Gasteiger partial charge in [0.1, 0.15) is 5.82 Å². The molecule has 112 valence electrons. The Morgan fingerprint density at radius 2 is 1.76 bits per heavy atom. The monoisotopic (exact) mass is 321 g/mol. The molecular formula is C14H9ClF5N. The summed E-state index contributed by atoms with van der Waals surface area (Å²) in [6.45, 7) is -0.0966. The molecule has 2 rings (SSSR count). The van der Waals surface area contributed by atoms with E-state index in [0.717, 1.165) is 6.07 Å². The smallest absolute Gasteiger partial charge is 0.379 e. The molecule has 1 N–H and O–H groups in total. The molecule has 0 saturated heterocycles. The molecule has 0 aliphatic carbocycles. The first kappa shape index (κ1) is 15.6. The second-order valence-electron chi connectivity index (χ2n) is 4.27. The number of nitrogens with one attached hydrogen (secondary N) is 1. The molecule has 1 nitrogen and oxygen atoms in total. The summed E-state index contributed by atoms with van der Waals surface area (Å²) < 4.78 is 64.4. The van der Waals surface area contributed by atoms with Crippen LogP contribution >= 0.6 is 11.6 Å². The van der Waals surface area contributed by atoms with Gasteiger partial charge in [0.25, 0.3) is 0 Å². The number of halogens is 6. The van der Waals surface area contributed by atoms with Crippen LogP contribution in [0.5, 0.6) is 0 Å². The normalized spacial score (nSPS) is 11.5. The van der Waals surface area contributed by atoms with Crippen LogP contribution in [0.3, 0.4) is 0 Å². The fraction of sp³-hybridized carbons (Fsp3) is 0.143. The van der Waals surface area contributed by atoms with Gasteiger partial charge in [-0.25, -0.2) is 8.78 Å². The highest BCUT2D eigenvalue weighted by Gasteiger charge is 2.34. The zero-order chi connectivity index (χ0) is 15.6. The van der Waals surface area contributed by atoms with Crippen LogP contribution in [-0.4, -0.2) is 0 Å². The average Bonchev–Trinajstić information content (AvgIpc) is 2.40. The standard InChI is InChI=1S/C14H9ClF5N/c15-10-2-1-3-12(13(10)17)21-7-8-4-5-11(16)9(6-8)14(18,19)20/h1-6,21H,7H2. The van der Waals surface area contributed by atoms with Gasteiger partial charge in [0.15, 0.2) is 5.82 Å². The van der Waals surface area contributed by atoms with E-state index in [1.54, 1.807) is 0 Å². The lowest BCUT2D eigenvalue weighted by Crippen LogP contribution is -2.10. The summed E-state index contributed by atoms with van der Waals surface area (Å²) in [7, 11) is 0. The molecular weight excluding hydrogens is 313 g/mol. The van der Waals surface area contributed by atoms with Gasteiger partial charge in [-0.1, -0.05) is 23.7 Å². The Morgan fingerprint density at radius 1 is 1.05 bits per heavy atom. The van der Waals surface area contributed by atoms with Gasteiger partial charge in [0.05, 0.1) is 16.3 Å². The van der Waals surface area contributed by atoms with Gasteiger partial charge in [-0.15, -0.1) is 0 Å². The van der Waals surface area contributed by atoms with Gasteiger partial charge in [-0.2, -0.15) is 13.2 Å². The fourth-order valence-electron chi connectivity index (χ4n) is 1.74. The van der Waals surface area contributed by atoms with Crippen LogP contribution in [0.25, 0.3) is 0 Å². The molecule has 0 bridgehead atoms. The van der Waals surface area contributed by atoms with E-state index in [2.05, 4.69) is 5.32 Å². The molecule has 0 atom stereocenters. The molecule has 0 fully saturated rings. The molecule has 0 aliphatic rings. The third-order valence-corrected chi connectivity index (χ3v) is 3.06. The van der Waals surface area contributed by atoms with E-state index in [9.17, 15) is 22.0 Å². The van der Waals surface area contributed by atoms with Gasteiger partial charge in [0, 0.05) is 6.54 Å². The highest BCUT2D eigenvalue weighted by molar-refractivity contribution is 6.31. The Kier molecular flexibility index (Phi) is 4.37. The summed E-state index contributed by atoms with van der Waals surface area (Å²) in [5.74, 6) is -2.04. The first-order chi connectivity index (χ1) is 9.79. The highest BCUT2D eigenvalue weighted by atomic mass is 35.5. The maximum atomic E-state index is 13.6. The summed E-state index contributed by atoms with van der Waals surface area (Å²) in [6.07, 6.45) is -4.78. The Hall–Kier alpha value is -1.82. The molecule has 21 heavy (non-hydrogen) atoms. The van der Waals surface area contributed by atoms with Crippen molar-refractivity contribution in [2.24, 2.45) is 0 Å². The van der Waals surface area contributed by atoms with E-state index in [0.29, 0.717) is 6.07 Å². The summed E-state index contributed by atoms with van der Waals surface area (Å²) in [5.41, 5.74) is -1.13. The van der Waals surface area contributed by atoms with E-state index >= 15 is 0 Å². The van der Waals surface area contributed by atoms with Crippen molar-refractivity contribution in [1.82, 2.24) is 0 Å². The minimum atomic E-state index is -4.78. The maximum absolute atomic E-state index is 13.6. The number of rotatable bonds is 3. The van der Waals surface area contributed by atoms with E-state index in [1.165, 1.54) is 24.3 Å². The van der Waals surface area contributed by atoms with Crippen molar-refractivity contribution in [3.05, 3.63) is 64.2 Å². The lowest BCUT2D eigenvalue weighted by atomic mass is 10.1. The van der Waals surface area contributed by atoms with Crippen LogP contribution in [0.1, 0.15) is 11.1 Å². The molecule has 7 heteroatoms. The number of hydrogen-bond acceptors (Lipinski definition) is 1. The Labute approximate surface area is 122 Å². The summed E-state index contributed by atoms with van der Waals surface area (Å²) >= 11 is 5.59. The van der Waals surface area contributed by atoms with Gasteiger partial charge in [0.2, 0.25) is 0 Å². The fourth-order valence-corrected chi connectivity index (χ4v) is 1.91. The minimum absolute atomic E-state index is 0.0559. The molecule has 0 unspecified atom stereocenters. The summed E-state index contributed by atoms with van der Waals surface area (Å²) in [5, 5.41) is 2.52. The maximum Gasteiger partial charge on any atom is 0.419 e. The molecule has 2 aromatic carbocycles. The molecule has 0 radical (unpaired) electrons. The van der Waals surface area contributed by atoms with E-state index < -0.39 is 23.4 Å². The van der Waals surface area contributed by atoms with Crippen molar-refractivity contribution in [3.63, 3.8) is 0 Å². The number of benzene rings is 2. The van der Waals surface area contributed by atoms with Crippen LogP contribution in [0, 0.1) is 11.6 Å². The highest BCUT2D eigenvalue weighted by Crippen LogP contribution is 2.32. The van der Waals surface area contributed by atoms with Crippen LogP contribution in [0.4, 0.5) is 27.6 Å². The first-order valence-electron chi connectivity index (χ1n) is 5.82. The van der Waals surface area contributed by atoms with Gasteiger partial charge in [-0.3, -0.25) is 0 Å². The van der Waals surface area contributed by atoms with Gasteiger partial charge >= 0.3 is 6.18 Å². The van der Waals surface area contributed by atoms with E-state index in [1.807, 2.05) is 0 Å². The molecule has 0 spiro atoms. The number of hydrogen-bond donors (Lipinski definition) is 1. The second kappa shape index (κ2) is 5.89. The Bertz CT molecular complexity index is 654. The van der Waals surface area contributed by atoms with Crippen molar-refractivity contribution in [2.45, 2.75) is 12.7 Å². The topological polar surface area (TPSA) is 12.0 Å². The van der Waals surface area contributed by atoms with Crippen molar-refractivity contribution < 1.29 is 22.0 Å². The minimum Gasteiger partial charge on any atom is -0.379 e. The predicted molar refractivity (Wildman–Crippen MR) is 70.1 cm³/mol. The molecule has 2 aromatic rings. The Morgan fingerprint density at radius 3 is 2.43 bits per heavy atom. The average molecular weight is 322 g/mol. The molecule has 0 aromatic heterocycles. The predicted octanol–water partition coefficient (Wildman–Crippen LogP) is 5.25. The van der Waals surface area contributed by atoms with E-state index in [4.69, 9.17) is 11.6 Å². The molecule has 0 heterocycles. The second-order valence-corrected chi connectivity index (χ2v) is 4.67. The molecule has 0 amide bonds. The van der Waals surface area contributed by atoms with Gasteiger partial charge in [-0.05, 0) is 29.8 Å². The lowest BCUT2D eigenvalue weighted by molar-refractivity contribution is -0.140. The first-order valence-corrected chi connectivity index (χ1v) is 6.20. The van der Waals surface area contributed by atoms with Gasteiger partial charge < -0.3 is 5.32 Å². The zero-order valence-corrected chi connectivity index (χ0v) is 11.2. The third-order valence-electron chi connectivity index (χ3n) is 2.77. The Balaban J connectivity index is 2.19. The van der Waals surface area contributed by atoms with Crippen LogP contribution < -0.4 is 5.32 Å². The van der Waals surface area contributed by atoms with Crippen molar-refractivity contribution >= 4 is 17.3 Å². The quantitative estimate of drug-likeness (QED) is 0.761. The van der Waals surface area contributed by atoms with Crippen LogP contribution in [0.2, 0.25) is 5.02 Å². The summed E-state index contributed by atoms with van der Waals surface area (Å²) in [4.78, 5) is 0. The van der Waals surface area contributed by atoms with Crippen molar-refractivity contribution in [2.75, 3.05) is 5.32 Å². The van der Waals surface area contributed by atoms with Crippen molar-refractivity contribution in [1.29, 1.82) is 0 Å². The third kappa shape index (κ3) is 3.64. The van der Waals surface area contributed by atoms with E-state index in [-0.39, 0.29) is 22.8 Å². The largest absolute Gasteiger partial charge is 0.419 e. The number of anilines is 1. The SMILES string of the molecule is Fc1ccc(CNc2cccc(Cl)c2F)cc1C(F)(F)F.